The van der Waals surface area contributed by atoms with Crippen LogP contribution >= 0.6 is 24.0 Å². The monoisotopic (exact) mass is 447 g/mol. The average Bonchev–Trinajstić information content (AvgIpc) is 3.06. The molecule has 0 spiro atoms. The number of ether oxygens (including phenoxy) is 1. The Balaban J connectivity index is 0.00000288. The second-order valence-electron chi connectivity index (χ2n) is 6.08. The first-order chi connectivity index (χ1) is 11.2. The number of nitrogens with zero attached hydrogens (tertiary/aromatic N) is 1. The maximum atomic E-state index is 5.76. The SMILES string of the molecule is C=C(C)CN=C(NCCc1ccco1)NCCC1CCCCO1.I. The fourth-order valence-corrected chi connectivity index (χ4v) is 2.53. The van der Waals surface area contributed by atoms with Gasteiger partial charge in [-0.1, -0.05) is 12.2 Å². The number of nitrogens with one attached hydrogen (secondary N) is 2. The maximum absolute atomic E-state index is 5.76. The molecule has 1 fully saturated rings. The van der Waals surface area contributed by atoms with Gasteiger partial charge in [-0.25, -0.2) is 4.99 Å². The van der Waals surface area contributed by atoms with Crippen LogP contribution in [0, 0.1) is 0 Å². The molecule has 1 aliphatic rings. The Morgan fingerprint density at radius 3 is 2.83 bits per heavy atom. The lowest BCUT2D eigenvalue weighted by molar-refractivity contribution is 0.0122. The minimum atomic E-state index is 0. The summed E-state index contributed by atoms with van der Waals surface area (Å²) < 4.78 is 11.1. The summed E-state index contributed by atoms with van der Waals surface area (Å²) in [6, 6.07) is 3.90. The molecule has 5 nitrogen and oxygen atoms in total. The van der Waals surface area contributed by atoms with Crippen LogP contribution in [0.25, 0.3) is 0 Å². The second-order valence-corrected chi connectivity index (χ2v) is 6.08. The summed E-state index contributed by atoms with van der Waals surface area (Å²) in [6.07, 6.45) is 7.60. The van der Waals surface area contributed by atoms with Gasteiger partial charge in [-0.2, -0.15) is 0 Å². The third kappa shape index (κ3) is 8.73. The molecule has 2 N–H and O–H groups in total. The molecule has 0 radical (unpaired) electrons. The fraction of sp³-hybridized carbons (Fsp3) is 0.611. The van der Waals surface area contributed by atoms with E-state index in [0.29, 0.717) is 12.6 Å². The topological polar surface area (TPSA) is 58.8 Å². The zero-order valence-corrected chi connectivity index (χ0v) is 16.9. The van der Waals surface area contributed by atoms with E-state index in [4.69, 9.17) is 9.15 Å². The Morgan fingerprint density at radius 1 is 1.33 bits per heavy atom. The minimum Gasteiger partial charge on any atom is -0.469 e. The van der Waals surface area contributed by atoms with Crippen LogP contribution in [0.1, 0.15) is 38.4 Å². The Morgan fingerprint density at radius 2 is 2.17 bits per heavy atom. The molecule has 0 saturated carbocycles. The van der Waals surface area contributed by atoms with Gasteiger partial charge >= 0.3 is 0 Å². The minimum absolute atomic E-state index is 0. The van der Waals surface area contributed by atoms with Gasteiger partial charge in [0.1, 0.15) is 5.76 Å². The highest BCUT2D eigenvalue weighted by Crippen LogP contribution is 2.14. The van der Waals surface area contributed by atoms with Crippen molar-refractivity contribution < 1.29 is 9.15 Å². The first kappa shape index (κ1) is 21.0. The molecule has 0 aromatic carbocycles. The van der Waals surface area contributed by atoms with Crippen molar-refractivity contribution in [3.63, 3.8) is 0 Å². The van der Waals surface area contributed by atoms with Gasteiger partial charge in [0.15, 0.2) is 5.96 Å². The first-order valence-electron chi connectivity index (χ1n) is 8.54. The highest BCUT2D eigenvalue weighted by atomic mass is 127. The van der Waals surface area contributed by atoms with Crippen LogP contribution in [-0.4, -0.2) is 38.3 Å². The van der Waals surface area contributed by atoms with E-state index in [-0.39, 0.29) is 24.0 Å². The van der Waals surface area contributed by atoms with Crippen molar-refractivity contribution in [2.24, 2.45) is 4.99 Å². The molecule has 1 aromatic heterocycles. The molecule has 1 aliphatic heterocycles. The van der Waals surface area contributed by atoms with Gasteiger partial charge in [-0.15, -0.1) is 24.0 Å². The highest BCUT2D eigenvalue weighted by Gasteiger charge is 2.13. The number of hydrogen-bond donors (Lipinski definition) is 2. The lowest BCUT2D eigenvalue weighted by Crippen LogP contribution is -2.40. The van der Waals surface area contributed by atoms with Crippen LogP contribution in [-0.2, 0) is 11.2 Å². The molecule has 1 aromatic rings. The molecular weight excluding hydrogens is 417 g/mol. The van der Waals surface area contributed by atoms with Crippen LogP contribution in [0.5, 0.6) is 0 Å². The zero-order valence-electron chi connectivity index (χ0n) is 14.6. The summed E-state index contributed by atoms with van der Waals surface area (Å²) in [5.74, 6) is 1.81. The molecule has 2 rings (SSSR count). The average molecular weight is 447 g/mol. The van der Waals surface area contributed by atoms with Gasteiger partial charge in [0, 0.05) is 26.1 Å². The molecular formula is C18H30IN3O2. The number of aliphatic imine (C=N–C) groups is 1. The predicted molar refractivity (Wildman–Crippen MR) is 109 cm³/mol. The molecule has 6 heteroatoms. The van der Waals surface area contributed by atoms with E-state index in [1.807, 2.05) is 19.1 Å². The number of halogens is 1. The van der Waals surface area contributed by atoms with E-state index in [9.17, 15) is 0 Å². The summed E-state index contributed by atoms with van der Waals surface area (Å²) in [7, 11) is 0. The molecule has 1 unspecified atom stereocenters. The number of rotatable bonds is 8. The third-order valence-electron chi connectivity index (χ3n) is 3.78. The van der Waals surface area contributed by atoms with Crippen LogP contribution in [0.3, 0.4) is 0 Å². The van der Waals surface area contributed by atoms with Crippen LogP contribution in [0.2, 0.25) is 0 Å². The Bertz CT molecular complexity index is 482. The summed E-state index contributed by atoms with van der Waals surface area (Å²) >= 11 is 0. The number of furan rings is 1. The van der Waals surface area contributed by atoms with Crippen molar-refractivity contribution in [1.82, 2.24) is 10.6 Å². The molecule has 2 heterocycles. The lowest BCUT2D eigenvalue weighted by atomic mass is 10.1. The van der Waals surface area contributed by atoms with Crippen molar-refractivity contribution in [2.75, 3.05) is 26.2 Å². The first-order valence-corrected chi connectivity index (χ1v) is 8.54. The van der Waals surface area contributed by atoms with Gasteiger partial charge in [-0.3, -0.25) is 0 Å². The summed E-state index contributed by atoms with van der Waals surface area (Å²) in [5, 5.41) is 6.74. The molecule has 0 aliphatic carbocycles. The van der Waals surface area contributed by atoms with Crippen molar-refractivity contribution in [3.8, 4) is 0 Å². The van der Waals surface area contributed by atoms with Crippen LogP contribution in [0.4, 0.5) is 0 Å². The van der Waals surface area contributed by atoms with Crippen molar-refractivity contribution in [2.45, 2.75) is 45.1 Å². The van der Waals surface area contributed by atoms with Gasteiger partial charge in [0.25, 0.3) is 0 Å². The fourth-order valence-electron chi connectivity index (χ4n) is 2.53. The Labute approximate surface area is 162 Å². The lowest BCUT2D eigenvalue weighted by Gasteiger charge is -2.23. The summed E-state index contributed by atoms with van der Waals surface area (Å²) in [6.45, 7) is 9.09. The summed E-state index contributed by atoms with van der Waals surface area (Å²) in [4.78, 5) is 4.55. The van der Waals surface area contributed by atoms with Crippen LogP contribution < -0.4 is 10.6 Å². The smallest absolute Gasteiger partial charge is 0.191 e. The Kier molecular flexibility index (Phi) is 10.8. The molecule has 0 bridgehead atoms. The largest absolute Gasteiger partial charge is 0.469 e. The van der Waals surface area contributed by atoms with Crippen LogP contribution in [0.15, 0.2) is 40.0 Å². The van der Waals surface area contributed by atoms with E-state index < -0.39 is 0 Å². The molecule has 1 saturated heterocycles. The van der Waals surface area contributed by atoms with E-state index in [1.54, 1.807) is 6.26 Å². The third-order valence-corrected chi connectivity index (χ3v) is 3.78. The predicted octanol–water partition coefficient (Wildman–Crippen LogP) is 3.51. The number of guanidine groups is 1. The van der Waals surface area contributed by atoms with Crippen molar-refractivity contribution >= 4 is 29.9 Å². The van der Waals surface area contributed by atoms with Gasteiger partial charge in [-0.05, 0) is 44.7 Å². The van der Waals surface area contributed by atoms with Gasteiger partial charge in [0.05, 0.1) is 18.9 Å². The summed E-state index contributed by atoms with van der Waals surface area (Å²) in [5.41, 5.74) is 1.05. The van der Waals surface area contributed by atoms with Gasteiger partial charge in [0.2, 0.25) is 0 Å². The maximum Gasteiger partial charge on any atom is 0.191 e. The molecule has 1 atom stereocenters. The number of hydrogen-bond acceptors (Lipinski definition) is 3. The zero-order chi connectivity index (χ0) is 16.3. The quantitative estimate of drug-likeness (QED) is 0.277. The standard InChI is InChI=1S/C18H29N3O2.HI/c1-15(2)14-21-18(20-11-9-17-7-5-13-23-17)19-10-8-16-6-3-4-12-22-16;/h5,7,13,16H,1,3-4,6,8-12,14H2,2H3,(H2,19,20,21);1H. The molecule has 136 valence electrons. The molecule has 24 heavy (non-hydrogen) atoms. The van der Waals surface area contributed by atoms with E-state index in [2.05, 4.69) is 22.2 Å². The van der Waals surface area contributed by atoms with E-state index >= 15 is 0 Å². The van der Waals surface area contributed by atoms with E-state index in [0.717, 1.165) is 49.8 Å². The Hall–Kier alpha value is -1.02. The second kappa shape index (κ2) is 12.4. The van der Waals surface area contributed by atoms with E-state index in [1.165, 1.54) is 19.3 Å². The normalized spacial score (nSPS) is 17.9. The van der Waals surface area contributed by atoms with Crippen molar-refractivity contribution in [1.29, 1.82) is 0 Å². The van der Waals surface area contributed by atoms with Crippen molar-refractivity contribution in [3.05, 3.63) is 36.3 Å². The molecule has 0 amide bonds. The highest BCUT2D eigenvalue weighted by molar-refractivity contribution is 14.0. The van der Waals surface area contributed by atoms with Gasteiger partial charge < -0.3 is 19.8 Å².